The molecule has 0 spiro atoms. The quantitative estimate of drug-likeness (QED) is 0.0186. The topological polar surface area (TPSA) is 227 Å². The molecule has 0 unspecified atom stereocenters. The van der Waals surface area contributed by atoms with Gasteiger partial charge >= 0.3 is 60.8 Å². The first kappa shape index (κ1) is 66.7. The molecule has 0 aromatic carbocycles. The minimum absolute atomic E-state index is 0. The monoisotopic (exact) mass is 985 g/mol. The molecule has 0 aromatic heterocycles. The SMILES string of the molecule is CCCCCCCCCCOS(=O)(=O)ON(OS(=O)(=O)OCCCCCCCCCC)OS(=O)(=O)OCCCCCCCCCC.CCCCCCCCCCOS(=O)(=O)[O-].[Na+]. The maximum absolute atomic E-state index is 12.4. The number of unbranched alkanes of at least 4 members (excludes halogenated alkanes) is 28. The van der Waals surface area contributed by atoms with E-state index >= 15 is 0 Å². The van der Waals surface area contributed by atoms with Crippen molar-refractivity contribution < 1.29 is 97.4 Å². The summed E-state index contributed by atoms with van der Waals surface area (Å²) in [4.78, 5) is 0. The molecule has 0 radical (unpaired) electrons. The molecule has 0 aliphatic heterocycles. The van der Waals surface area contributed by atoms with E-state index in [4.69, 9.17) is 12.5 Å². The van der Waals surface area contributed by atoms with Crippen LogP contribution in [-0.2, 0) is 71.2 Å². The van der Waals surface area contributed by atoms with Gasteiger partial charge in [0.1, 0.15) is 5.39 Å². The van der Waals surface area contributed by atoms with Gasteiger partial charge in [0.25, 0.3) is 0 Å². The Labute approximate surface area is 401 Å². The second-order valence-electron chi connectivity index (χ2n) is 15.3. The van der Waals surface area contributed by atoms with Crippen molar-refractivity contribution in [2.24, 2.45) is 0 Å². The molecule has 0 fully saturated rings. The predicted molar refractivity (Wildman–Crippen MR) is 236 cm³/mol. The molecule has 0 rings (SSSR count). The van der Waals surface area contributed by atoms with Gasteiger partial charge < -0.3 is 4.55 Å². The van der Waals surface area contributed by atoms with E-state index < -0.39 is 47.0 Å². The zero-order chi connectivity index (χ0) is 46.0. The van der Waals surface area contributed by atoms with Crippen LogP contribution < -0.4 is 29.6 Å². The molecule has 62 heavy (non-hydrogen) atoms. The van der Waals surface area contributed by atoms with Gasteiger partial charge in [0, 0.05) is 0 Å². The summed E-state index contributed by atoms with van der Waals surface area (Å²) < 4.78 is 136. The van der Waals surface area contributed by atoms with Gasteiger partial charge in [-0.05, 0) is 25.7 Å². The Balaban J connectivity index is -0.00000184. The van der Waals surface area contributed by atoms with E-state index in [1.165, 1.54) is 51.4 Å². The summed E-state index contributed by atoms with van der Waals surface area (Å²) in [7, 11) is -19.4. The second kappa shape index (κ2) is 45.2. The molecule has 0 aliphatic rings. The van der Waals surface area contributed by atoms with Crippen molar-refractivity contribution in [2.45, 2.75) is 233 Å². The number of hydrogen-bond acceptors (Lipinski definition) is 17. The van der Waals surface area contributed by atoms with Crippen molar-refractivity contribution >= 4 is 41.6 Å². The Bertz CT molecular complexity index is 1280. The molecule has 0 bridgehead atoms. The van der Waals surface area contributed by atoms with Crippen LogP contribution in [0.5, 0.6) is 0 Å². The fourth-order valence-corrected chi connectivity index (χ4v) is 8.08. The first-order chi connectivity index (χ1) is 29.0. The van der Waals surface area contributed by atoms with Gasteiger partial charge in [-0.3, -0.25) is 4.18 Å². The summed E-state index contributed by atoms with van der Waals surface area (Å²) in [6.45, 7) is 7.81. The van der Waals surface area contributed by atoms with Crippen molar-refractivity contribution in [1.82, 2.24) is 5.39 Å². The minimum atomic E-state index is -4.98. The molecule has 0 aromatic rings. The molecule has 0 aliphatic carbocycles. The largest absolute Gasteiger partial charge is 1.00 e. The number of nitrogens with zero attached hydrogens (tertiary/aromatic N) is 1. The first-order valence-electron chi connectivity index (χ1n) is 23.2. The Hall–Kier alpha value is 0.440. The van der Waals surface area contributed by atoms with Gasteiger partial charge in [-0.15, -0.1) is 0 Å². The van der Waals surface area contributed by atoms with E-state index in [0.717, 1.165) is 109 Å². The van der Waals surface area contributed by atoms with E-state index in [1.807, 2.05) is 0 Å². The fraction of sp³-hybridized carbons (Fsp3) is 1.00. The zero-order valence-electron chi connectivity index (χ0n) is 39.1. The van der Waals surface area contributed by atoms with Crippen molar-refractivity contribution in [3.05, 3.63) is 0 Å². The Morgan fingerprint density at radius 2 is 0.484 bits per heavy atom. The average molecular weight is 986 g/mol. The van der Waals surface area contributed by atoms with Gasteiger partial charge in [0.05, 0.1) is 26.4 Å². The molecule has 0 amide bonds. The van der Waals surface area contributed by atoms with Gasteiger partial charge in [0.2, 0.25) is 10.4 Å². The van der Waals surface area contributed by atoms with E-state index in [0.29, 0.717) is 44.9 Å². The van der Waals surface area contributed by atoms with Gasteiger partial charge in [-0.1, -0.05) is 220 Å². The average Bonchev–Trinajstić information content (AvgIpc) is 3.17. The molecule has 0 saturated carbocycles. The van der Waals surface area contributed by atoms with Gasteiger partial charge in [-0.2, -0.15) is 25.3 Å². The van der Waals surface area contributed by atoms with Crippen LogP contribution in [0.3, 0.4) is 0 Å². The molecule has 0 N–H and O–H groups in total. The third-order valence-corrected chi connectivity index (χ3v) is 12.1. The fourth-order valence-electron chi connectivity index (χ4n) is 5.91. The van der Waals surface area contributed by atoms with Crippen molar-refractivity contribution in [3.63, 3.8) is 0 Å². The Kier molecular flexibility index (Phi) is 48.7. The maximum atomic E-state index is 12.4. The predicted octanol–water partition coefficient (Wildman–Crippen LogP) is 7.90. The normalized spacial score (nSPS) is 12.4. The summed E-state index contributed by atoms with van der Waals surface area (Å²) in [6, 6.07) is 0. The molecule has 0 atom stereocenters. The Morgan fingerprint density at radius 1 is 0.306 bits per heavy atom. The molecular weight excluding hydrogens is 902 g/mol. The zero-order valence-corrected chi connectivity index (χ0v) is 44.3. The van der Waals surface area contributed by atoms with Gasteiger partial charge in [-0.25, -0.2) is 21.0 Å². The third kappa shape index (κ3) is 53.1. The molecule has 22 heteroatoms. The standard InChI is InChI=1S/C30H63NO12S3.C10H22O4S.Na/c1-4-7-10-13-16-19-22-25-28-38-44(32,33)41-31(42-45(34,35)39-29-26-23-20-17-14-11-8-5-2)43-46(36,37)40-30-27-24-21-18-15-12-9-6-3;1-2-3-4-5-6-7-8-9-10-14-15(11,12)13;/h4-30H2,1-3H3;2-10H2,1H3,(H,11,12,13);/q;;+1/p-1. The molecular formula is C40H84NNaO16S4. The molecule has 17 nitrogen and oxygen atoms in total. The van der Waals surface area contributed by atoms with Crippen LogP contribution in [0.1, 0.15) is 233 Å². The van der Waals surface area contributed by atoms with E-state index in [1.54, 1.807) is 0 Å². The van der Waals surface area contributed by atoms with Crippen LogP contribution in [0.15, 0.2) is 0 Å². The van der Waals surface area contributed by atoms with Crippen LogP contribution in [0.2, 0.25) is 0 Å². The van der Waals surface area contributed by atoms with E-state index in [-0.39, 0.29) is 56.0 Å². The molecule has 370 valence electrons. The van der Waals surface area contributed by atoms with Crippen LogP contribution in [0.4, 0.5) is 0 Å². The molecule has 0 heterocycles. The summed E-state index contributed by atoms with van der Waals surface area (Å²) in [5, 5.41) is -0.699. The smallest absolute Gasteiger partial charge is 0.726 e. The second-order valence-corrected chi connectivity index (χ2v) is 19.9. The summed E-state index contributed by atoms with van der Waals surface area (Å²) in [5.74, 6) is 0. The van der Waals surface area contributed by atoms with Crippen LogP contribution in [-0.4, -0.2) is 70.0 Å². The maximum Gasteiger partial charge on any atom is 1.00 e. The summed E-state index contributed by atoms with van der Waals surface area (Å²) >= 11 is 0. The summed E-state index contributed by atoms with van der Waals surface area (Å²) in [5.41, 5.74) is 0. The van der Waals surface area contributed by atoms with Crippen molar-refractivity contribution in [1.29, 1.82) is 0 Å². The Morgan fingerprint density at radius 3 is 0.677 bits per heavy atom. The summed E-state index contributed by atoms with van der Waals surface area (Å²) in [6.07, 6.45) is 31.7. The van der Waals surface area contributed by atoms with Gasteiger partial charge in [0.15, 0.2) is 0 Å². The number of rotatable bonds is 46. The van der Waals surface area contributed by atoms with E-state index in [2.05, 4.69) is 44.7 Å². The van der Waals surface area contributed by atoms with Crippen molar-refractivity contribution in [2.75, 3.05) is 26.4 Å². The van der Waals surface area contributed by atoms with Crippen LogP contribution >= 0.6 is 0 Å². The molecule has 0 saturated heterocycles. The van der Waals surface area contributed by atoms with E-state index in [9.17, 15) is 38.2 Å². The minimum Gasteiger partial charge on any atom is -0.726 e. The van der Waals surface area contributed by atoms with Crippen molar-refractivity contribution in [3.8, 4) is 0 Å². The number of hydrogen-bond donors (Lipinski definition) is 0. The van der Waals surface area contributed by atoms with Crippen LogP contribution in [0, 0.1) is 0 Å². The van der Waals surface area contributed by atoms with Crippen LogP contribution in [0.25, 0.3) is 0 Å². The third-order valence-electron chi connectivity index (χ3n) is 9.36. The first-order valence-corrected chi connectivity index (χ1v) is 28.5.